The number of carbonyl (C=O) groups excluding carboxylic acids is 1. The molecule has 11 heteroatoms. The number of nitrogens with zero attached hydrogens (tertiary/aromatic N) is 7. The van der Waals surface area contributed by atoms with Gasteiger partial charge in [-0.3, -0.25) is 9.78 Å². The third kappa shape index (κ3) is 4.57. The summed E-state index contributed by atoms with van der Waals surface area (Å²) in [5.74, 6) is 0.193. The highest BCUT2D eigenvalue weighted by atomic mass is 32.2. The SMILES string of the molecule is CN(C1CCC2=Cc3c(cnn3-c3ccc(F)cc3)CC2(C(=O)c2cc(C3CC3)ccn2)C1)S(=O)c1cnn(C)n1. The van der Waals surface area contributed by atoms with Gasteiger partial charge in [0.2, 0.25) is 0 Å². The van der Waals surface area contributed by atoms with E-state index in [4.69, 9.17) is 0 Å². The number of fused-ring (bicyclic) bond motifs is 2. The van der Waals surface area contributed by atoms with E-state index in [-0.39, 0.29) is 17.6 Å². The van der Waals surface area contributed by atoms with Crippen LogP contribution in [0, 0.1) is 11.2 Å². The molecule has 210 valence electrons. The maximum atomic E-state index is 14.6. The van der Waals surface area contributed by atoms with Gasteiger partial charge in [-0.1, -0.05) is 5.57 Å². The van der Waals surface area contributed by atoms with Crippen molar-refractivity contribution in [2.75, 3.05) is 7.05 Å². The molecule has 0 bridgehead atoms. The van der Waals surface area contributed by atoms with Crippen molar-refractivity contribution in [1.82, 2.24) is 34.1 Å². The summed E-state index contributed by atoms with van der Waals surface area (Å²) in [5, 5.41) is 13.4. The van der Waals surface area contributed by atoms with E-state index in [1.807, 2.05) is 28.2 Å². The predicted molar refractivity (Wildman–Crippen MR) is 151 cm³/mol. The highest BCUT2D eigenvalue weighted by molar-refractivity contribution is 7.82. The number of Topliss-reactive ketones (excluding diaryl/α,β-unsaturated/α-hetero) is 1. The number of allylic oxidation sites excluding steroid dienone is 1. The summed E-state index contributed by atoms with van der Waals surface area (Å²) in [6, 6.07) is 10.1. The number of aryl methyl sites for hydroxylation is 1. The molecule has 0 radical (unpaired) electrons. The summed E-state index contributed by atoms with van der Waals surface area (Å²) in [5.41, 5.74) is 4.45. The summed E-state index contributed by atoms with van der Waals surface area (Å²) in [6.45, 7) is 0. The van der Waals surface area contributed by atoms with Crippen LogP contribution in [0.4, 0.5) is 4.39 Å². The van der Waals surface area contributed by atoms with E-state index in [1.54, 1.807) is 31.6 Å². The van der Waals surface area contributed by atoms with E-state index in [9.17, 15) is 13.4 Å². The molecule has 9 nitrogen and oxygen atoms in total. The second kappa shape index (κ2) is 9.92. The smallest absolute Gasteiger partial charge is 0.191 e. The third-order valence-corrected chi connectivity index (χ3v) is 10.1. The molecular weight excluding hydrogens is 541 g/mol. The largest absolute Gasteiger partial charge is 0.291 e. The van der Waals surface area contributed by atoms with E-state index < -0.39 is 16.4 Å². The third-order valence-electron chi connectivity index (χ3n) is 8.74. The average molecular weight is 572 g/mol. The van der Waals surface area contributed by atoms with Crippen molar-refractivity contribution in [2.45, 2.75) is 55.5 Å². The van der Waals surface area contributed by atoms with Gasteiger partial charge in [0.25, 0.3) is 0 Å². The molecule has 41 heavy (non-hydrogen) atoms. The molecule has 3 aliphatic carbocycles. The number of hydrogen-bond acceptors (Lipinski definition) is 6. The number of benzene rings is 1. The van der Waals surface area contributed by atoms with Gasteiger partial charge in [0, 0.05) is 26.3 Å². The normalized spacial score (nSPS) is 22.6. The van der Waals surface area contributed by atoms with Crippen LogP contribution < -0.4 is 0 Å². The fourth-order valence-electron chi connectivity index (χ4n) is 6.36. The van der Waals surface area contributed by atoms with Crippen molar-refractivity contribution in [3.05, 3.63) is 88.9 Å². The zero-order valence-electron chi connectivity index (χ0n) is 22.9. The molecule has 0 saturated heterocycles. The van der Waals surface area contributed by atoms with Crippen LogP contribution in [0.25, 0.3) is 11.8 Å². The Morgan fingerprint density at radius 1 is 1.12 bits per heavy atom. The van der Waals surface area contributed by atoms with Crippen LogP contribution in [0.5, 0.6) is 0 Å². The van der Waals surface area contributed by atoms with Crippen LogP contribution >= 0.6 is 0 Å². The minimum atomic E-state index is -1.52. The van der Waals surface area contributed by atoms with Crippen LogP contribution in [0.3, 0.4) is 0 Å². The molecule has 2 saturated carbocycles. The first kappa shape index (κ1) is 26.1. The van der Waals surface area contributed by atoms with Gasteiger partial charge in [-0.05, 0) is 98.0 Å². The van der Waals surface area contributed by atoms with Gasteiger partial charge in [0.15, 0.2) is 10.8 Å². The molecule has 0 N–H and O–H groups in total. The van der Waals surface area contributed by atoms with Crippen LogP contribution in [0.2, 0.25) is 0 Å². The molecule has 7 rings (SSSR count). The van der Waals surface area contributed by atoms with E-state index in [1.165, 1.54) is 28.7 Å². The van der Waals surface area contributed by atoms with Crippen molar-refractivity contribution in [3.8, 4) is 5.69 Å². The topological polar surface area (TPSA) is 98.8 Å². The van der Waals surface area contributed by atoms with Crippen molar-refractivity contribution < 1.29 is 13.4 Å². The van der Waals surface area contributed by atoms with Crippen LogP contribution in [0.15, 0.2) is 65.6 Å². The maximum absolute atomic E-state index is 14.6. The molecule has 0 aliphatic heterocycles. The van der Waals surface area contributed by atoms with Crippen LogP contribution in [-0.4, -0.2) is 57.1 Å². The van der Waals surface area contributed by atoms with Crippen molar-refractivity contribution >= 4 is 22.8 Å². The van der Waals surface area contributed by atoms with Gasteiger partial charge in [-0.25, -0.2) is 17.6 Å². The van der Waals surface area contributed by atoms with Gasteiger partial charge < -0.3 is 0 Å². The van der Waals surface area contributed by atoms with E-state index >= 15 is 0 Å². The molecular formula is C30H30FN7O2S. The first-order valence-corrected chi connectivity index (χ1v) is 15.0. The Hall–Kier alpha value is -3.83. The zero-order chi connectivity index (χ0) is 28.3. The highest BCUT2D eigenvalue weighted by Gasteiger charge is 2.50. The van der Waals surface area contributed by atoms with Gasteiger partial charge in [-0.15, -0.1) is 5.10 Å². The Kier molecular flexibility index (Phi) is 6.31. The number of aromatic nitrogens is 6. The molecule has 3 unspecified atom stereocenters. The lowest BCUT2D eigenvalue weighted by Crippen LogP contribution is -2.48. The Morgan fingerprint density at radius 3 is 2.66 bits per heavy atom. The second-order valence-corrected chi connectivity index (χ2v) is 12.8. The molecule has 4 aromatic rings. The Morgan fingerprint density at radius 2 is 1.93 bits per heavy atom. The quantitative estimate of drug-likeness (QED) is 0.305. The van der Waals surface area contributed by atoms with Crippen LogP contribution in [-0.2, 0) is 24.5 Å². The molecule has 3 heterocycles. The number of pyridine rings is 1. The Balaban J connectivity index is 1.28. The lowest BCUT2D eigenvalue weighted by Gasteiger charge is -2.45. The van der Waals surface area contributed by atoms with Gasteiger partial charge in [0.1, 0.15) is 22.5 Å². The maximum Gasteiger partial charge on any atom is 0.191 e. The van der Waals surface area contributed by atoms with Crippen molar-refractivity contribution in [3.63, 3.8) is 0 Å². The molecule has 1 aromatic carbocycles. The highest BCUT2D eigenvalue weighted by Crippen LogP contribution is 2.51. The fourth-order valence-corrected chi connectivity index (χ4v) is 7.43. The summed E-state index contributed by atoms with van der Waals surface area (Å²) < 4.78 is 30.7. The summed E-state index contributed by atoms with van der Waals surface area (Å²) in [7, 11) is 2.01. The predicted octanol–water partition coefficient (Wildman–Crippen LogP) is 4.43. The molecule has 0 amide bonds. The zero-order valence-corrected chi connectivity index (χ0v) is 23.7. The Bertz CT molecular complexity index is 1710. The van der Waals surface area contributed by atoms with Crippen LogP contribution in [0.1, 0.15) is 65.3 Å². The first-order chi connectivity index (χ1) is 19.8. The minimum absolute atomic E-state index is 0.00480. The molecule has 3 aliphatic rings. The Labute approximate surface area is 239 Å². The number of hydrogen-bond donors (Lipinski definition) is 0. The van der Waals surface area contributed by atoms with E-state index in [0.717, 1.165) is 41.8 Å². The lowest BCUT2D eigenvalue weighted by atomic mass is 9.60. The van der Waals surface area contributed by atoms with Gasteiger partial charge in [-0.2, -0.15) is 15.0 Å². The fraction of sp³-hybridized carbons (Fsp3) is 0.367. The monoisotopic (exact) mass is 571 g/mol. The lowest BCUT2D eigenvalue weighted by molar-refractivity contribution is 0.0749. The van der Waals surface area contributed by atoms with E-state index in [2.05, 4.69) is 26.4 Å². The number of ketones is 1. The number of halogens is 1. The molecule has 3 atom stereocenters. The number of rotatable bonds is 7. The number of carbonyl (C=O) groups is 1. The summed E-state index contributed by atoms with van der Waals surface area (Å²) in [4.78, 5) is 20.5. The second-order valence-electron chi connectivity index (χ2n) is 11.3. The van der Waals surface area contributed by atoms with Gasteiger partial charge in [0.05, 0.1) is 29.2 Å². The molecule has 0 spiro atoms. The standard InChI is InChI=1S/C30H30FN7O2S/c1-36(41(40)28-18-33-37(2)35-28)25-8-5-22-14-27-21(17-34-38(27)24-9-6-23(31)7-10-24)15-30(22,16-25)29(39)26-13-20(11-12-32-26)19-3-4-19/h6-7,9-14,17-19,25H,3-5,8,15-16H2,1-2H3. The molecule has 2 fully saturated rings. The molecule has 3 aromatic heterocycles. The summed E-state index contributed by atoms with van der Waals surface area (Å²) in [6.07, 6.45) is 11.8. The van der Waals surface area contributed by atoms with Crippen molar-refractivity contribution in [1.29, 1.82) is 0 Å². The van der Waals surface area contributed by atoms with Crippen molar-refractivity contribution in [2.24, 2.45) is 12.5 Å². The van der Waals surface area contributed by atoms with Gasteiger partial charge >= 0.3 is 0 Å². The summed E-state index contributed by atoms with van der Waals surface area (Å²) >= 11 is 0. The first-order valence-electron chi connectivity index (χ1n) is 13.9. The van der Waals surface area contributed by atoms with E-state index in [0.29, 0.717) is 35.9 Å². The minimum Gasteiger partial charge on any atom is -0.291 e. The average Bonchev–Trinajstić information content (AvgIpc) is 3.64.